The Morgan fingerprint density at radius 1 is 1.39 bits per heavy atom. The Balaban J connectivity index is 2.42. The molecule has 5 heteroatoms. The molecule has 4 nitrogen and oxygen atoms in total. The van der Waals surface area contributed by atoms with Crippen molar-refractivity contribution in [3.63, 3.8) is 0 Å². The zero-order valence-electron chi connectivity index (χ0n) is 10.8. The summed E-state index contributed by atoms with van der Waals surface area (Å²) in [6, 6.07) is 5.83. The first-order valence-corrected chi connectivity index (χ1v) is 6.26. The first-order valence-electron chi connectivity index (χ1n) is 5.89. The Labute approximate surface area is 112 Å². The zero-order chi connectivity index (χ0) is 13.3. The van der Waals surface area contributed by atoms with Gasteiger partial charge in [-0.2, -0.15) is 5.10 Å². The molecule has 96 valence electrons. The smallest absolute Gasteiger partial charge is 0.152 e. The van der Waals surface area contributed by atoms with Crippen LogP contribution in [0.5, 0.6) is 0 Å². The zero-order valence-corrected chi connectivity index (χ0v) is 11.5. The quantitative estimate of drug-likeness (QED) is 0.892. The fourth-order valence-corrected chi connectivity index (χ4v) is 1.98. The maximum atomic E-state index is 6.17. The van der Waals surface area contributed by atoms with Crippen LogP contribution < -0.4 is 11.1 Å². The number of nitrogens with zero attached hydrogens (tertiary/aromatic N) is 2. The average Bonchev–Trinajstić information content (AvgIpc) is 2.61. The monoisotopic (exact) mass is 264 g/mol. The van der Waals surface area contributed by atoms with E-state index < -0.39 is 0 Å². The molecule has 0 amide bonds. The second-order valence-electron chi connectivity index (χ2n) is 4.27. The topological polar surface area (TPSA) is 55.9 Å². The summed E-state index contributed by atoms with van der Waals surface area (Å²) in [7, 11) is 0. The van der Waals surface area contributed by atoms with Gasteiger partial charge in [0.25, 0.3) is 0 Å². The third-order valence-corrected chi connectivity index (χ3v) is 3.18. The minimum atomic E-state index is 0.662. The number of benzene rings is 1. The summed E-state index contributed by atoms with van der Waals surface area (Å²) in [4.78, 5) is 0. The van der Waals surface area contributed by atoms with Crippen LogP contribution >= 0.6 is 11.6 Å². The van der Waals surface area contributed by atoms with Gasteiger partial charge >= 0.3 is 0 Å². The van der Waals surface area contributed by atoms with Gasteiger partial charge in [-0.05, 0) is 38.5 Å². The lowest BCUT2D eigenvalue weighted by Crippen LogP contribution is -2.04. The highest BCUT2D eigenvalue weighted by molar-refractivity contribution is 6.33. The molecule has 0 atom stereocenters. The van der Waals surface area contributed by atoms with Gasteiger partial charge in [0, 0.05) is 6.54 Å². The number of anilines is 3. The molecule has 0 spiro atoms. The molecule has 18 heavy (non-hydrogen) atoms. The number of nitrogens with one attached hydrogen (secondary N) is 1. The van der Waals surface area contributed by atoms with Gasteiger partial charge in [-0.1, -0.05) is 17.7 Å². The van der Waals surface area contributed by atoms with Crippen molar-refractivity contribution in [2.24, 2.45) is 0 Å². The third kappa shape index (κ3) is 2.29. The lowest BCUT2D eigenvalue weighted by molar-refractivity contribution is 0.661. The van der Waals surface area contributed by atoms with E-state index in [0.29, 0.717) is 10.7 Å². The van der Waals surface area contributed by atoms with Crippen LogP contribution in [0.2, 0.25) is 5.02 Å². The van der Waals surface area contributed by atoms with Crippen LogP contribution in [0.3, 0.4) is 0 Å². The Hall–Kier alpha value is -1.68. The van der Waals surface area contributed by atoms with Crippen LogP contribution in [0, 0.1) is 13.8 Å². The molecule has 0 saturated heterocycles. The highest BCUT2D eigenvalue weighted by atomic mass is 35.5. The van der Waals surface area contributed by atoms with Crippen LogP contribution in [-0.4, -0.2) is 9.78 Å². The number of rotatable bonds is 3. The van der Waals surface area contributed by atoms with E-state index in [1.807, 2.05) is 43.7 Å². The Morgan fingerprint density at radius 2 is 2.11 bits per heavy atom. The second kappa shape index (κ2) is 4.90. The van der Waals surface area contributed by atoms with E-state index in [4.69, 9.17) is 17.3 Å². The van der Waals surface area contributed by atoms with Gasteiger partial charge in [0.05, 0.1) is 22.1 Å². The largest absolute Gasteiger partial charge is 0.394 e. The maximum Gasteiger partial charge on any atom is 0.152 e. The second-order valence-corrected chi connectivity index (χ2v) is 4.68. The molecule has 2 rings (SSSR count). The third-order valence-electron chi connectivity index (χ3n) is 2.85. The van der Waals surface area contributed by atoms with E-state index in [1.165, 1.54) is 0 Å². The van der Waals surface area contributed by atoms with Crippen molar-refractivity contribution in [3.05, 3.63) is 34.5 Å². The Morgan fingerprint density at radius 3 is 2.78 bits per heavy atom. The summed E-state index contributed by atoms with van der Waals surface area (Å²) in [6.07, 6.45) is 0. The number of hydrogen-bond donors (Lipinski definition) is 2. The summed E-state index contributed by atoms with van der Waals surface area (Å²) in [6.45, 7) is 6.69. The Bertz CT molecular complexity index is 575. The van der Waals surface area contributed by atoms with E-state index in [9.17, 15) is 0 Å². The van der Waals surface area contributed by atoms with E-state index in [-0.39, 0.29) is 0 Å². The Kier molecular flexibility index (Phi) is 3.48. The summed E-state index contributed by atoms with van der Waals surface area (Å²) in [5.74, 6) is 0.794. The highest BCUT2D eigenvalue weighted by Gasteiger charge is 2.12. The van der Waals surface area contributed by atoms with E-state index >= 15 is 0 Å². The maximum absolute atomic E-state index is 6.17. The first kappa shape index (κ1) is 12.8. The van der Waals surface area contributed by atoms with Gasteiger partial charge in [-0.15, -0.1) is 0 Å². The van der Waals surface area contributed by atoms with E-state index in [0.717, 1.165) is 29.3 Å². The minimum absolute atomic E-state index is 0.662. The van der Waals surface area contributed by atoms with Gasteiger partial charge in [-0.3, -0.25) is 0 Å². The van der Waals surface area contributed by atoms with Gasteiger partial charge < -0.3 is 11.1 Å². The molecular weight excluding hydrogens is 248 g/mol. The first-order chi connectivity index (χ1) is 8.52. The molecule has 0 unspecified atom stereocenters. The van der Waals surface area contributed by atoms with Crippen molar-refractivity contribution < 1.29 is 0 Å². The van der Waals surface area contributed by atoms with Crippen LogP contribution in [0.1, 0.15) is 18.2 Å². The number of nitrogens with two attached hydrogens (primary N) is 1. The molecular formula is C13H17ClN4. The molecule has 3 N–H and O–H groups in total. The molecule has 0 bridgehead atoms. The molecule has 0 radical (unpaired) electrons. The fraction of sp³-hybridized carbons (Fsp3) is 0.308. The molecule has 1 aromatic carbocycles. The number of aryl methyl sites for hydroxylation is 3. The standard InChI is InChI=1S/C13H17ClN4/c1-4-18-13(12(15)9(3)17-18)16-11-7-8(2)5-6-10(11)14/h5-7,16H,4,15H2,1-3H3. The number of aromatic nitrogens is 2. The van der Waals surface area contributed by atoms with E-state index in [2.05, 4.69) is 10.4 Å². The molecule has 0 aliphatic heterocycles. The van der Waals surface area contributed by atoms with Crippen molar-refractivity contribution in [2.75, 3.05) is 11.1 Å². The normalized spacial score (nSPS) is 10.7. The van der Waals surface area contributed by atoms with Crippen LogP contribution in [0.15, 0.2) is 18.2 Å². The van der Waals surface area contributed by atoms with Gasteiger partial charge in [0.2, 0.25) is 0 Å². The minimum Gasteiger partial charge on any atom is -0.394 e. The lowest BCUT2D eigenvalue weighted by atomic mass is 10.2. The van der Waals surface area contributed by atoms with Gasteiger partial charge in [0.15, 0.2) is 5.82 Å². The molecule has 1 aromatic heterocycles. The van der Waals surface area contributed by atoms with Crippen LogP contribution in [-0.2, 0) is 6.54 Å². The predicted molar refractivity (Wildman–Crippen MR) is 76.5 cm³/mol. The van der Waals surface area contributed by atoms with Crippen molar-refractivity contribution in [1.82, 2.24) is 9.78 Å². The highest BCUT2D eigenvalue weighted by Crippen LogP contribution is 2.30. The SMILES string of the molecule is CCn1nc(C)c(N)c1Nc1cc(C)ccc1Cl. The number of halogens is 1. The van der Waals surface area contributed by atoms with Crippen molar-refractivity contribution in [2.45, 2.75) is 27.3 Å². The molecule has 0 fully saturated rings. The number of hydrogen-bond acceptors (Lipinski definition) is 3. The predicted octanol–water partition coefficient (Wildman–Crippen LogP) is 3.50. The van der Waals surface area contributed by atoms with Crippen molar-refractivity contribution >= 4 is 28.8 Å². The molecule has 0 aliphatic carbocycles. The summed E-state index contributed by atoms with van der Waals surface area (Å²) < 4.78 is 1.84. The average molecular weight is 265 g/mol. The number of nitrogen functional groups attached to an aromatic ring is 1. The molecule has 1 heterocycles. The van der Waals surface area contributed by atoms with Crippen molar-refractivity contribution in [3.8, 4) is 0 Å². The molecule has 0 aliphatic rings. The summed E-state index contributed by atoms with van der Waals surface area (Å²) in [5.41, 5.74) is 9.49. The lowest BCUT2D eigenvalue weighted by Gasteiger charge is -2.11. The molecule has 0 saturated carbocycles. The summed E-state index contributed by atoms with van der Waals surface area (Å²) in [5, 5.41) is 8.30. The van der Waals surface area contributed by atoms with Crippen LogP contribution in [0.25, 0.3) is 0 Å². The molecule has 2 aromatic rings. The van der Waals surface area contributed by atoms with Gasteiger partial charge in [0.1, 0.15) is 0 Å². The van der Waals surface area contributed by atoms with E-state index in [1.54, 1.807) is 0 Å². The van der Waals surface area contributed by atoms with Crippen molar-refractivity contribution in [1.29, 1.82) is 0 Å². The fourth-order valence-electron chi connectivity index (χ4n) is 1.82. The summed E-state index contributed by atoms with van der Waals surface area (Å²) >= 11 is 6.17. The van der Waals surface area contributed by atoms with Crippen LogP contribution in [0.4, 0.5) is 17.2 Å². The van der Waals surface area contributed by atoms with Gasteiger partial charge in [-0.25, -0.2) is 4.68 Å².